The molecule has 1 fully saturated rings. The number of nitrogens with one attached hydrogen (secondary N) is 1. The Morgan fingerprint density at radius 1 is 1.45 bits per heavy atom. The fourth-order valence-corrected chi connectivity index (χ4v) is 3.28. The zero-order valence-corrected chi connectivity index (χ0v) is 12.6. The maximum atomic E-state index is 12.1. The van der Waals surface area contributed by atoms with Crippen LogP contribution in [-0.2, 0) is 16.8 Å². The fourth-order valence-electron chi connectivity index (χ4n) is 2.17. The van der Waals surface area contributed by atoms with Crippen LogP contribution in [-0.4, -0.2) is 39.0 Å². The highest BCUT2D eigenvalue weighted by atomic mass is 32.2. The lowest BCUT2D eigenvalue weighted by molar-refractivity contribution is 0.318. The first-order valence-corrected chi connectivity index (χ1v) is 7.97. The van der Waals surface area contributed by atoms with E-state index in [1.807, 2.05) is 24.3 Å². The summed E-state index contributed by atoms with van der Waals surface area (Å²) in [5, 5.41) is 0. The molecule has 0 aliphatic heterocycles. The van der Waals surface area contributed by atoms with Crippen molar-refractivity contribution in [2.45, 2.75) is 31.5 Å². The van der Waals surface area contributed by atoms with Gasteiger partial charge in [-0.3, -0.25) is 0 Å². The maximum absolute atomic E-state index is 12.1. The molecule has 0 heterocycles. The molecule has 1 aliphatic rings. The van der Waals surface area contributed by atoms with Crippen LogP contribution in [0.3, 0.4) is 0 Å². The number of rotatable bonds is 6. The van der Waals surface area contributed by atoms with Crippen LogP contribution in [0.25, 0.3) is 0 Å². The second kappa shape index (κ2) is 6.09. The first-order chi connectivity index (χ1) is 9.40. The molecule has 0 unspecified atom stereocenters. The van der Waals surface area contributed by atoms with Crippen molar-refractivity contribution < 1.29 is 13.2 Å². The van der Waals surface area contributed by atoms with Crippen LogP contribution >= 0.6 is 0 Å². The van der Waals surface area contributed by atoms with E-state index in [9.17, 15) is 8.42 Å². The van der Waals surface area contributed by atoms with Crippen LogP contribution in [0.1, 0.15) is 18.4 Å². The third-order valence-electron chi connectivity index (χ3n) is 3.44. The molecular weight excluding hydrogens is 278 g/mol. The molecular formula is C13H21N3O3S. The summed E-state index contributed by atoms with van der Waals surface area (Å²) in [4.78, 5) is 0. The van der Waals surface area contributed by atoms with Crippen molar-refractivity contribution in [3.8, 4) is 5.75 Å². The van der Waals surface area contributed by atoms with E-state index in [2.05, 4.69) is 4.72 Å². The van der Waals surface area contributed by atoms with E-state index in [1.165, 1.54) is 4.31 Å². The zero-order chi connectivity index (χ0) is 14.8. The highest BCUT2D eigenvalue weighted by Gasteiger charge is 2.31. The number of methoxy groups -OCH3 is 1. The number of hydrogen-bond acceptors (Lipinski definition) is 4. The lowest BCUT2D eigenvalue weighted by Gasteiger charge is -2.33. The van der Waals surface area contributed by atoms with Gasteiger partial charge in [0.05, 0.1) is 7.11 Å². The molecule has 0 saturated heterocycles. The van der Waals surface area contributed by atoms with Gasteiger partial charge in [0.1, 0.15) is 5.75 Å². The lowest BCUT2D eigenvalue weighted by Crippen LogP contribution is -2.53. The molecule has 0 aromatic heterocycles. The summed E-state index contributed by atoms with van der Waals surface area (Å²) in [5.41, 5.74) is 6.53. The summed E-state index contributed by atoms with van der Waals surface area (Å²) in [6.07, 6.45) is 1.40. The Morgan fingerprint density at radius 2 is 2.15 bits per heavy atom. The van der Waals surface area contributed by atoms with Crippen LogP contribution in [0.2, 0.25) is 0 Å². The first-order valence-electron chi connectivity index (χ1n) is 6.53. The van der Waals surface area contributed by atoms with E-state index in [-0.39, 0.29) is 12.1 Å². The fraction of sp³-hybridized carbons (Fsp3) is 0.538. The van der Waals surface area contributed by atoms with Crippen molar-refractivity contribution in [3.05, 3.63) is 29.8 Å². The topological polar surface area (TPSA) is 84.7 Å². The molecule has 2 rings (SSSR count). The zero-order valence-electron chi connectivity index (χ0n) is 11.7. The average Bonchev–Trinajstić information content (AvgIpc) is 2.37. The predicted molar refractivity (Wildman–Crippen MR) is 77.5 cm³/mol. The van der Waals surface area contributed by atoms with Gasteiger partial charge in [0.2, 0.25) is 0 Å². The van der Waals surface area contributed by atoms with E-state index in [0.717, 1.165) is 5.56 Å². The molecule has 6 nitrogen and oxygen atoms in total. The standard InChI is InChI=1S/C13H21N3O3S/c1-16(9-10-4-3-5-13(6-10)19-2)20(17,18)15-12-7-11(14)8-12/h3-6,11-12,15H,7-9,14H2,1-2H3. The Bertz CT molecular complexity index is 556. The Morgan fingerprint density at radius 3 is 2.75 bits per heavy atom. The van der Waals surface area contributed by atoms with E-state index in [0.29, 0.717) is 25.1 Å². The SMILES string of the molecule is COc1cccc(CN(C)S(=O)(=O)NC2CC(N)C2)c1. The van der Waals surface area contributed by atoms with Gasteiger partial charge in [0, 0.05) is 25.7 Å². The Balaban J connectivity index is 1.97. The van der Waals surface area contributed by atoms with E-state index >= 15 is 0 Å². The maximum Gasteiger partial charge on any atom is 0.279 e. The van der Waals surface area contributed by atoms with Crippen molar-refractivity contribution in [3.63, 3.8) is 0 Å². The molecule has 0 bridgehead atoms. The number of nitrogens with zero attached hydrogens (tertiary/aromatic N) is 1. The van der Waals surface area contributed by atoms with Crippen LogP contribution < -0.4 is 15.2 Å². The highest BCUT2D eigenvalue weighted by molar-refractivity contribution is 7.87. The van der Waals surface area contributed by atoms with E-state index in [1.54, 1.807) is 14.2 Å². The Kier molecular flexibility index (Phi) is 4.64. The highest BCUT2D eigenvalue weighted by Crippen LogP contribution is 2.20. The van der Waals surface area contributed by atoms with Gasteiger partial charge in [-0.15, -0.1) is 0 Å². The molecule has 3 N–H and O–H groups in total. The smallest absolute Gasteiger partial charge is 0.279 e. The molecule has 112 valence electrons. The second-order valence-corrected chi connectivity index (χ2v) is 6.97. The minimum Gasteiger partial charge on any atom is -0.497 e. The van der Waals surface area contributed by atoms with Gasteiger partial charge in [0.15, 0.2) is 0 Å². The van der Waals surface area contributed by atoms with Gasteiger partial charge < -0.3 is 10.5 Å². The number of ether oxygens (including phenoxy) is 1. The summed E-state index contributed by atoms with van der Waals surface area (Å²) in [6.45, 7) is 0.297. The van der Waals surface area contributed by atoms with Gasteiger partial charge in [-0.05, 0) is 30.5 Å². The molecule has 1 aromatic rings. The molecule has 0 amide bonds. The van der Waals surface area contributed by atoms with Crippen molar-refractivity contribution in [1.29, 1.82) is 0 Å². The average molecular weight is 299 g/mol. The predicted octanol–water partition coefficient (Wildman–Crippen LogP) is 0.451. The first kappa shape index (κ1) is 15.2. The molecule has 1 aliphatic carbocycles. The van der Waals surface area contributed by atoms with Crippen LogP contribution in [0.5, 0.6) is 5.75 Å². The lowest BCUT2D eigenvalue weighted by atomic mass is 9.89. The van der Waals surface area contributed by atoms with Crippen LogP contribution in [0, 0.1) is 0 Å². The van der Waals surface area contributed by atoms with Gasteiger partial charge in [-0.25, -0.2) is 0 Å². The van der Waals surface area contributed by atoms with Gasteiger partial charge in [-0.2, -0.15) is 17.4 Å². The molecule has 7 heteroatoms. The van der Waals surface area contributed by atoms with Crippen LogP contribution in [0.15, 0.2) is 24.3 Å². The molecule has 1 aromatic carbocycles. The largest absolute Gasteiger partial charge is 0.497 e. The Hall–Kier alpha value is -1.15. The van der Waals surface area contributed by atoms with E-state index < -0.39 is 10.2 Å². The van der Waals surface area contributed by atoms with Crippen molar-refractivity contribution in [1.82, 2.24) is 9.03 Å². The summed E-state index contributed by atoms with van der Waals surface area (Å²) < 4.78 is 33.4. The summed E-state index contributed by atoms with van der Waals surface area (Å²) in [7, 11) is -0.334. The number of benzene rings is 1. The van der Waals surface area contributed by atoms with Gasteiger partial charge in [0.25, 0.3) is 10.2 Å². The molecule has 0 radical (unpaired) electrons. The minimum atomic E-state index is -3.47. The Labute approximate surface area is 120 Å². The monoisotopic (exact) mass is 299 g/mol. The third kappa shape index (κ3) is 3.69. The quantitative estimate of drug-likeness (QED) is 0.799. The van der Waals surface area contributed by atoms with Crippen molar-refractivity contribution in [2.75, 3.05) is 14.2 Å². The second-order valence-electron chi connectivity index (χ2n) is 5.16. The summed E-state index contributed by atoms with van der Waals surface area (Å²) in [5.74, 6) is 0.714. The molecule has 0 atom stereocenters. The van der Waals surface area contributed by atoms with Crippen molar-refractivity contribution in [2.24, 2.45) is 5.73 Å². The van der Waals surface area contributed by atoms with E-state index in [4.69, 9.17) is 10.5 Å². The number of nitrogens with two attached hydrogens (primary N) is 1. The third-order valence-corrected chi connectivity index (χ3v) is 5.02. The van der Waals surface area contributed by atoms with Gasteiger partial charge in [-0.1, -0.05) is 12.1 Å². The summed E-state index contributed by atoms with van der Waals surface area (Å²) >= 11 is 0. The summed E-state index contributed by atoms with van der Waals surface area (Å²) in [6, 6.07) is 7.44. The van der Waals surface area contributed by atoms with Crippen molar-refractivity contribution >= 4 is 10.2 Å². The molecule has 20 heavy (non-hydrogen) atoms. The van der Waals surface area contributed by atoms with Crippen LogP contribution in [0.4, 0.5) is 0 Å². The molecule has 1 saturated carbocycles. The molecule has 0 spiro atoms. The normalized spacial score (nSPS) is 22.6. The minimum absolute atomic E-state index is 0.0391. The number of hydrogen-bond donors (Lipinski definition) is 2. The van der Waals surface area contributed by atoms with Gasteiger partial charge >= 0.3 is 0 Å².